The van der Waals surface area contributed by atoms with E-state index in [0.717, 1.165) is 28.3 Å². The van der Waals surface area contributed by atoms with Crippen molar-refractivity contribution in [3.05, 3.63) is 83.9 Å². The van der Waals surface area contributed by atoms with Crippen LogP contribution in [0.4, 0.5) is 0 Å². The molecule has 0 aliphatic carbocycles. The van der Waals surface area contributed by atoms with Crippen molar-refractivity contribution >= 4 is 40.3 Å². The smallest absolute Gasteiger partial charge is 0.263 e. The van der Waals surface area contributed by atoms with E-state index in [-0.39, 0.29) is 5.91 Å². The van der Waals surface area contributed by atoms with Gasteiger partial charge in [0.25, 0.3) is 5.91 Å². The number of thiocarbonyl (C=S) groups is 1. The second kappa shape index (κ2) is 8.46. The van der Waals surface area contributed by atoms with Gasteiger partial charge in [0, 0.05) is 17.3 Å². The molecule has 29 heavy (non-hydrogen) atoms. The minimum Gasteiger partial charge on any atom is -0.490 e. The molecule has 4 rings (SSSR count). The fourth-order valence-corrected chi connectivity index (χ4v) is 3.89. The number of aromatic nitrogens is 2. The molecule has 1 aliphatic rings. The third-order valence-electron chi connectivity index (χ3n) is 4.19. The standard InChI is InChI=1S/C22H17N3O2S2/c1-2-12-27-18-10-8-15(9-11-18)20-16(13-19-21(26)23-22(28)29-19)14-25(24-20)17-6-4-3-5-7-17/h2-11,13-14H,1,12H2,(H,23,26,28)/b19-13+. The number of hydrogen-bond donors (Lipinski definition) is 1. The zero-order valence-electron chi connectivity index (χ0n) is 15.4. The number of nitrogens with zero attached hydrogens (tertiary/aromatic N) is 2. The number of rotatable bonds is 6. The summed E-state index contributed by atoms with van der Waals surface area (Å²) in [6.07, 6.45) is 5.44. The van der Waals surface area contributed by atoms with Gasteiger partial charge < -0.3 is 10.1 Å². The average molecular weight is 420 g/mol. The van der Waals surface area contributed by atoms with Crippen LogP contribution in [0.2, 0.25) is 0 Å². The maximum atomic E-state index is 12.1. The van der Waals surface area contributed by atoms with Crippen molar-refractivity contribution in [2.24, 2.45) is 0 Å². The molecular weight excluding hydrogens is 402 g/mol. The molecule has 0 saturated carbocycles. The molecule has 1 saturated heterocycles. The Morgan fingerprint density at radius 1 is 1.17 bits per heavy atom. The van der Waals surface area contributed by atoms with Crippen LogP contribution in [0, 0.1) is 0 Å². The molecule has 1 fully saturated rings. The SMILES string of the molecule is C=CCOc1ccc(-c2nn(-c3ccccc3)cc2/C=C2/SC(=S)NC2=O)cc1. The summed E-state index contributed by atoms with van der Waals surface area (Å²) in [7, 11) is 0. The fourth-order valence-electron chi connectivity index (χ4n) is 2.86. The zero-order valence-corrected chi connectivity index (χ0v) is 17.0. The lowest BCUT2D eigenvalue weighted by atomic mass is 10.1. The number of hydrogen-bond acceptors (Lipinski definition) is 5. The summed E-state index contributed by atoms with van der Waals surface area (Å²) in [6.45, 7) is 4.11. The lowest BCUT2D eigenvalue weighted by Crippen LogP contribution is -2.17. The summed E-state index contributed by atoms with van der Waals surface area (Å²) < 4.78 is 7.82. The van der Waals surface area contributed by atoms with Gasteiger partial charge in [0.15, 0.2) is 0 Å². The predicted octanol–water partition coefficient (Wildman–Crippen LogP) is 4.59. The van der Waals surface area contributed by atoms with E-state index in [1.165, 1.54) is 11.8 Å². The molecule has 2 aromatic carbocycles. The lowest BCUT2D eigenvalue weighted by Gasteiger charge is -2.05. The van der Waals surface area contributed by atoms with Gasteiger partial charge in [-0.3, -0.25) is 4.79 Å². The predicted molar refractivity (Wildman–Crippen MR) is 121 cm³/mol. The Hall–Kier alpha value is -3.16. The first-order chi connectivity index (χ1) is 14.1. The van der Waals surface area contributed by atoms with E-state index in [2.05, 4.69) is 11.9 Å². The number of para-hydroxylation sites is 1. The van der Waals surface area contributed by atoms with Crippen LogP contribution in [-0.2, 0) is 4.79 Å². The Morgan fingerprint density at radius 3 is 2.59 bits per heavy atom. The van der Waals surface area contributed by atoms with Gasteiger partial charge in [-0.15, -0.1) is 0 Å². The molecular formula is C22H17N3O2S2. The van der Waals surface area contributed by atoms with Crippen LogP contribution in [0.15, 0.2) is 78.4 Å². The van der Waals surface area contributed by atoms with E-state index in [0.29, 0.717) is 15.8 Å². The first-order valence-electron chi connectivity index (χ1n) is 8.88. The van der Waals surface area contributed by atoms with Crippen LogP contribution in [0.3, 0.4) is 0 Å². The highest BCUT2D eigenvalue weighted by Gasteiger charge is 2.23. The minimum absolute atomic E-state index is 0.188. The molecule has 0 radical (unpaired) electrons. The first kappa shape index (κ1) is 19.2. The van der Waals surface area contributed by atoms with Crippen molar-refractivity contribution < 1.29 is 9.53 Å². The van der Waals surface area contributed by atoms with E-state index < -0.39 is 0 Å². The van der Waals surface area contributed by atoms with Gasteiger partial charge in [-0.05, 0) is 42.5 Å². The number of thioether (sulfide) groups is 1. The van der Waals surface area contributed by atoms with Crippen LogP contribution in [0.1, 0.15) is 5.56 Å². The Morgan fingerprint density at radius 2 is 1.93 bits per heavy atom. The molecule has 0 atom stereocenters. The maximum absolute atomic E-state index is 12.1. The largest absolute Gasteiger partial charge is 0.490 e. The second-order valence-corrected chi connectivity index (χ2v) is 7.91. The maximum Gasteiger partial charge on any atom is 0.263 e. The number of carbonyl (C=O) groups excluding carboxylic acids is 1. The third kappa shape index (κ3) is 4.31. The van der Waals surface area contributed by atoms with E-state index in [4.69, 9.17) is 22.1 Å². The molecule has 1 amide bonds. The van der Waals surface area contributed by atoms with Gasteiger partial charge in [0.2, 0.25) is 0 Å². The Labute approximate surface area is 178 Å². The van der Waals surface area contributed by atoms with E-state index in [9.17, 15) is 4.79 Å². The molecule has 0 bridgehead atoms. The first-order valence-corrected chi connectivity index (χ1v) is 10.1. The van der Waals surface area contributed by atoms with Gasteiger partial charge in [0.1, 0.15) is 16.7 Å². The summed E-state index contributed by atoms with van der Waals surface area (Å²) in [5.41, 5.74) is 3.45. The van der Waals surface area contributed by atoms with Crippen LogP contribution in [0.25, 0.3) is 23.0 Å². The Kier molecular flexibility index (Phi) is 5.59. The molecule has 1 aliphatic heterocycles. The number of nitrogens with one attached hydrogen (secondary N) is 1. The van der Waals surface area contributed by atoms with Crippen molar-refractivity contribution in [1.82, 2.24) is 15.1 Å². The molecule has 1 aromatic heterocycles. The average Bonchev–Trinajstić information content (AvgIpc) is 3.30. The summed E-state index contributed by atoms with van der Waals surface area (Å²) in [5, 5.41) is 7.42. The Bertz CT molecular complexity index is 1100. The molecule has 0 unspecified atom stereocenters. The summed E-state index contributed by atoms with van der Waals surface area (Å²) >= 11 is 6.35. The van der Waals surface area contributed by atoms with Crippen LogP contribution < -0.4 is 10.1 Å². The molecule has 5 nitrogen and oxygen atoms in total. The fraction of sp³-hybridized carbons (Fsp3) is 0.0455. The number of amides is 1. The monoisotopic (exact) mass is 419 g/mol. The molecule has 3 aromatic rings. The van der Waals surface area contributed by atoms with Gasteiger partial charge in [-0.2, -0.15) is 5.10 Å². The van der Waals surface area contributed by atoms with Gasteiger partial charge in [-0.1, -0.05) is 54.8 Å². The normalized spacial score (nSPS) is 14.8. The third-order valence-corrected chi connectivity index (χ3v) is 5.35. The minimum atomic E-state index is -0.188. The second-order valence-electron chi connectivity index (χ2n) is 6.19. The van der Waals surface area contributed by atoms with Gasteiger partial charge in [-0.25, -0.2) is 4.68 Å². The van der Waals surface area contributed by atoms with Crippen molar-refractivity contribution in [2.75, 3.05) is 6.61 Å². The van der Waals surface area contributed by atoms with E-state index in [1.54, 1.807) is 10.8 Å². The number of benzene rings is 2. The van der Waals surface area contributed by atoms with Crippen molar-refractivity contribution in [1.29, 1.82) is 0 Å². The van der Waals surface area contributed by atoms with Crippen LogP contribution in [-0.4, -0.2) is 26.6 Å². The van der Waals surface area contributed by atoms with Crippen molar-refractivity contribution in [3.8, 4) is 22.7 Å². The molecule has 2 heterocycles. The van der Waals surface area contributed by atoms with Gasteiger partial charge in [0.05, 0.1) is 16.3 Å². The number of carbonyl (C=O) groups is 1. The number of ether oxygens (including phenoxy) is 1. The highest BCUT2D eigenvalue weighted by Crippen LogP contribution is 2.31. The summed E-state index contributed by atoms with van der Waals surface area (Å²) in [5.74, 6) is 0.568. The van der Waals surface area contributed by atoms with Crippen LogP contribution in [0.5, 0.6) is 5.75 Å². The molecule has 144 valence electrons. The zero-order chi connectivity index (χ0) is 20.2. The van der Waals surface area contributed by atoms with Crippen molar-refractivity contribution in [2.45, 2.75) is 0 Å². The van der Waals surface area contributed by atoms with Gasteiger partial charge >= 0.3 is 0 Å². The highest BCUT2D eigenvalue weighted by atomic mass is 32.2. The summed E-state index contributed by atoms with van der Waals surface area (Å²) in [6, 6.07) is 17.5. The topological polar surface area (TPSA) is 56.1 Å². The Balaban J connectivity index is 1.76. The van der Waals surface area contributed by atoms with Crippen LogP contribution >= 0.6 is 24.0 Å². The van der Waals surface area contributed by atoms with E-state index in [1.807, 2.05) is 66.9 Å². The van der Waals surface area contributed by atoms with E-state index >= 15 is 0 Å². The highest BCUT2D eigenvalue weighted by molar-refractivity contribution is 8.26. The molecule has 1 N–H and O–H groups in total. The quantitative estimate of drug-likeness (QED) is 0.360. The lowest BCUT2D eigenvalue weighted by molar-refractivity contribution is -0.115. The molecule has 7 heteroatoms. The summed E-state index contributed by atoms with van der Waals surface area (Å²) in [4.78, 5) is 12.7. The van der Waals surface area contributed by atoms with Crippen molar-refractivity contribution in [3.63, 3.8) is 0 Å². The molecule has 0 spiro atoms.